The molecule has 3 aromatic rings. The highest BCUT2D eigenvalue weighted by Crippen LogP contribution is 2.75. The molecule has 12 heteroatoms. The number of hydrogen-bond donors (Lipinski definition) is 0. The van der Waals surface area contributed by atoms with Crippen LogP contribution in [-0.4, -0.2) is 49.5 Å². The van der Waals surface area contributed by atoms with E-state index < -0.39 is 28.8 Å². The van der Waals surface area contributed by atoms with E-state index in [2.05, 4.69) is 20.1 Å². The fourth-order valence-corrected chi connectivity index (χ4v) is 7.18. The second-order valence-corrected chi connectivity index (χ2v) is 11.6. The third-order valence-electron chi connectivity index (χ3n) is 8.95. The summed E-state index contributed by atoms with van der Waals surface area (Å²) in [6, 6.07) is 6.43. The number of hydrogen-bond acceptors (Lipinski definition) is 5. The number of alkyl halides is 3. The molecule has 2 aromatic heterocycles. The van der Waals surface area contributed by atoms with Gasteiger partial charge in [-0.05, 0) is 55.9 Å². The minimum atomic E-state index is -4.17. The van der Waals surface area contributed by atoms with E-state index in [-0.39, 0.29) is 31.0 Å². The molecule has 0 amide bonds. The maximum atomic E-state index is 14.3. The molecule has 3 saturated carbocycles. The van der Waals surface area contributed by atoms with Gasteiger partial charge in [0.2, 0.25) is 0 Å². The fourth-order valence-electron chi connectivity index (χ4n) is 6.99. The van der Waals surface area contributed by atoms with Crippen molar-refractivity contribution in [1.29, 1.82) is 0 Å². The van der Waals surface area contributed by atoms with E-state index in [0.717, 1.165) is 29.3 Å². The van der Waals surface area contributed by atoms with E-state index in [9.17, 15) is 22.0 Å². The molecular weight excluding hydrogens is 527 g/mol. The first-order chi connectivity index (χ1) is 18.1. The van der Waals surface area contributed by atoms with Gasteiger partial charge in [0.1, 0.15) is 11.6 Å². The molecule has 6 nitrogen and oxygen atoms in total. The number of benzene rings is 1. The summed E-state index contributed by atoms with van der Waals surface area (Å²) in [4.78, 5) is 7.86. The van der Waals surface area contributed by atoms with Crippen molar-refractivity contribution < 1.29 is 22.0 Å². The van der Waals surface area contributed by atoms with E-state index in [1.165, 1.54) is 0 Å². The maximum Gasteiger partial charge on any atom is 0.394 e. The quantitative estimate of drug-likeness (QED) is 0.387. The summed E-state index contributed by atoms with van der Waals surface area (Å²) in [5.74, 6) is 0.243. The van der Waals surface area contributed by atoms with Gasteiger partial charge in [0.05, 0.1) is 23.8 Å². The molecule has 0 atom stereocenters. The summed E-state index contributed by atoms with van der Waals surface area (Å²) in [5.41, 5.74) is -0.202. The van der Waals surface area contributed by atoms with Crippen LogP contribution in [0.5, 0.6) is 0 Å². The van der Waals surface area contributed by atoms with Crippen molar-refractivity contribution >= 4 is 17.4 Å². The standard InChI is InChI=1S/C26H24ClF5N6/c27-17-1-2-20-16(7-17)10-37(25-12-24(13-25,14-25)26(30,31)32)11-21-34-35-22(38(20)21)15-3-5-36(6-4-15)23-19(29)8-18(28)9-33-23/h1-2,7-9,15H,3-6,10-14H2. The first kappa shape index (κ1) is 24.3. The largest absolute Gasteiger partial charge is 0.394 e. The number of rotatable bonds is 3. The highest BCUT2D eigenvalue weighted by molar-refractivity contribution is 6.30. The third-order valence-corrected chi connectivity index (χ3v) is 9.19. The van der Waals surface area contributed by atoms with Crippen molar-refractivity contribution in [1.82, 2.24) is 24.6 Å². The van der Waals surface area contributed by atoms with E-state index in [4.69, 9.17) is 11.6 Å². The number of piperidine rings is 1. The third kappa shape index (κ3) is 3.50. The molecule has 4 fully saturated rings. The molecule has 200 valence electrons. The number of halogens is 6. The minimum absolute atomic E-state index is 0.0366. The molecule has 38 heavy (non-hydrogen) atoms. The first-order valence-electron chi connectivity index (χ1n) is 12.7. The molecule has 2 aliphatic heterocycles. The van der Waals surface area contributed by atoms with Crippen molar-refractivity contribution in [2.45, 2.75) is 62.8 Å². The van der Waals surface area contributed by atoms with Crippen LogP contribution in [0.15, 0.2) is 30.5 Å². The predicted molar refractivity (Wildman–Crippen MR) is 129 cm³/mol. The topological polar surface area (TPSA) is 50.1 Å². The molecule has 0 unspecified atom stereocenters. The van der Waals surface area contributed by atoms with Gasteiger partial charge in [-0.1, -0.05) is 11.6 Å². The fraction of sp³-hybridized carbons (Fsp3) is 0.500. The average molecular weight is 551 g/mol. The molecule has 3 aliphatic carbocycles. The molecular formula is C26H24ClF5N6. The predicted octanol–water partition coefficient (Wildman–Crippen LogP) is 5.78. The Hall–Kier alpha value is -2.79. The lowest BCUT2D eigenvalue weighted by Gasteiger charge is -2.73. The van der Waals surface area contributed by atoms with Crippen molar-refractivity contribution in [2.75, 3.05) is 18.0 Å². The van der Waals surface area contributed by atoms with Crippen LogP contribution >= 0.6 is 11.6 Å². The second-order valence-electron chi connectivity index (χ2n) is 11.2. The lowest BCUT2D eigenvalue weighted by atomic mass is 9.38. The SMILES string of the molecule is Fc1cnc(N2CCC(c3nnc4n3-c3ccc(Cl)cc3CN(C35CC(C(F)(F)F)(C3)C5)C4)CC2)c(F)c1. The summed E-state index contributed by atoms with van der Waals surface area (Å²) < 4.78 is 70.3. The van der Waals surface area contributed by atoms with Crippen LogP contribution in [0.1, 0.15) is 55.2 Å². The summed E-state index contributed by atoms with van der Waals surface area (Å²) in [6.07, 6.45) is -1.47. The highest BCUT2D eigenvalue weighted by Gasteiger charge is 2.79. The van der Waals surface area contributed by atoms with Gasteiger partial charge in [-0.25, -0.2) is 13.8 Å². The van der Waals surface area contributed by atoms with Crippen LogP contribution in [0.3, 0.4) is 0 Å². The van der Waals surface area contributed by atoms with Crippen molar-refractivity contribution in [2.24, 2.45) is 5.41 Å². The Kier molecular flexibility index (Phi) is 5.18. The van der Waals surface area contributed by atoms with Crippen LogP contribution in [0.4, 0.5) is 27.8 Å². The first-order valence-corrected chi connectivity index (χ1v) is 13.1. The van der Waals surface area contributed by atoms with Gasteiger partial charge in [0, 0.05) is 42.2 Å². The van der Waals surface area contributed by atoms with Gasteiger partial charge in [-0.2, -0.15) is 13.2 Å². The average Bonchev–Trinajstić information content (AvgIpc) is 3.13. The van der Waals surface area contributed by atoms with Crippen LogP contribution in [-0.2, 0) is 13.1 Å². The van der Waals surface area contributed by atoms with Crippen LogP contribution in [0.2, 0.25) is 5.02 Å². The van der Waals surface area contributed by atoms with Crippen molar-refractivity contribution in [3.8, 4) is 5.69 Å². The maximum absolute atomic E-state index is 14.3. The smallest absolute Gasteiger partial charge is 0.354 e. The Bertz CT molecular complexity index is 1410. The molecule has 0 N–H and O–H groups in total. The molecule has 2 bridgehead atoms. The second kappa shape index (κ2) is 8.11. The molecule has 8 rings (SSSR count). The van der Waals surface area contributed by atoms with Crippen molar-refractivity contribution in [3.05, 3.63) is 64.3 Å². The van der Waals surface area contributed by atoms with E-state index in [1.54, 1.807) is 11.0 Å². The number of aromatic nitrogens is 4. The number of fused-ring (bicyclic) bond motifs is 3. The highest BCUT2D eigenvalue weighted by atomic mass is 35.5. The molecule has 0 radical (unpaired) electrons. The van der Waals surface area contributed by atoms with Gasteiger partial charge in [-0.15, -0.1) is 10.2 Å². The molecule has 5 aliphatic rings. The number of pyridine rings is 1. The Morgan fingerprint density at radius 2 is 1.71 bits per heavy atom. The molecule has 1 aromatic carbocycles. The molecule has 4 heterocycles. The normalized spacial score (nSPS) is 27.3. The van der Waals surface area contributed by atoms with Gasteiger partial charge in [0.25, 0.3) is 0 Å². The zero-order valence-electron chi connectivity index (χ0n) is 20.3. The van der Waals surface area contributed by atoms with Gasteiger partial charge in [-0.3, -0.25) is 9.47 Å². The lowest BCUT2D eigenvalue weighted by Crippen LogP contribution is -2.78. The number of anilines is 1. The van der Waals surface area contributed by atoms with Crippen LogP contribution < -0.4 is 4.90 Å². The van der Waals surface area contributed by atoms with Gasteiger partial charge >= 0.3 is 6.18 Å². The minimum Gasteiger partial charge on any atom is -0.354 e. The zero-order chi connectivity index (χ0) is 26.4. The summed E-state index contributed by atoms with van der Waals surface area (Å²) in [5, 5.41) is 9.62. The Morgan fingerprint density at radius 3 is 2.39 bits per heavy atom. The number of nitrogens with zero attached hydrogens (tertiary/aromatic N) is 6. The van der Waals surface area contributed by atoms with E-state index >= 15 is 0 Å². The zero-order valence-corrected chi connectivity index (χ0v) is 21.0. The van der Waals surface area contributed by atoms with E-state index in [0.29, 0.717) is 49.9 Å². The summed E-state index contributed by atoms with van der Waals surface area (Å²) >= 11 is 6.34. The van der Waals surface area contributed by atoms with Crippen LogP contribution in [0.25, 0.3) is 5.69 Å². The van der Waals surface area contributed by atoms with Gasteiger partial charge < -0.3 is 4.90 Å². The molecule has 1 saturated heterocycles. The Morgan fingerprint density at radius 1 is 0.974 bits per heavy atom. The van der Waals surface area contributed by atoms with Gasteiger partial charge in [0.15, 0.2) is 17.5 Å². The molecule has 0 spiro atoms. The summed E-state index contributed by atoms with van der Waals surface area (Å²) in [7, 11) is 0. The lowest BCUT2D eigenvalue weighted by molar-refractivity contribution is -0.364. The Balaban J connectivity index is 1.17. The van der Waals surface area contributed by atoms with Crippen molar-refractivity contribution in [3.63, 3.8) is 0 Å². The monoisotopic (exact) mass is 550 g/mol. The van der Waals surface area contributed by atoms with E-state index in [1.807, 2.05) is 16.7 Å². The Labute approximate surface area is 220 Å². The van der Waals surface area contributed by atoms with Crippen LogP contribution in [0, 0.1) is 17.0 Å². The summed E-state index contributed by atoms with van der Waals surface area (Å²) in [6.45, 7) is 1.92.